The number of fused-ring (bicyclic) bond motifs is 3. The highest BCUT2D eigenvalue weighted by Crippen LogP contribution is 2.44. The fourth-order valence-corrected chi connectivity index (χ4v) is 2.83. The number of aromatic nitrogens is 3. The highest BCUT2D eigenvalue weighted by Gasteiger charge is 2.29. The third-order valence-corrected chi connectivity index (χ3v) is 3.59. The van der Waals surface area contributed by atoms with Crippen molar-refractivity contribution in [3.05, 3.63) is 65.9 Å². The zero-order valence-electron chi connectivity index (χ0n) is 10.2. The molecule has 0 unspecified atom stereocenters. The molecule has 4 nitrogen and oxygen atoms in total. The van der Waals surface area contributed by atoms with E-state index in [2.05, 4.69) is 58.8 Å². The van der Waals surface area contributed by atoms with Crippen molar-refractivity contribution in [2.45, 2.75) is 6.04 Å². The fraction of sp³-hybridized carbons (Fsp3) is 0.0667. The molecule has 1 aliphatic carbocycles. The first-order chi connectivity index (χ1) is 9.34. The van der Waals surface area contributed by atoms with E-state index in [9.17, 15) is 0 Å². The lowest BCUT2D eigenvalue weighted by Gasteiger charge is -2.12. The van der Waals surface area contributed by atoms with E-state index in [1.54, 1.807) is 6.20 Å². The lowest BCUT2D eigenvalue weighted by molar-refractivity contribution is 0.580. The molecule has 0 atom stereocenters. The Labute approximate surface area is 110 Å². The van der Waals surface area contributed by atoms with Gasteiger partial charge in [-0.2, -0.15) is 0 Å². The van der Waals surface area contributed by atoms with Crippen molar-refractivity contribution in [1.29, 1.82) is 0 Å². The van der Waals surface area contributed by atoms with E-state index in [0.717, 1.165) is 0 Å². The van der Waals surface area contributed by atoms with Crippen LogP contribution in [-0.2, 0) is 0 Å². The third-order valence-electron chi connectivity index (χ3n) is 3.59. The molecule has 0 amide bonds. The number of nitrogens with two attached hydrogens (primary N) is 1. The Hall–Kier alpha value is -2.62. The van der Waals surface area contributed by atoms with Crippen molar-refractivity contribution < 1.29 is 0 Å². The normalized spacial score (nSPS) is 13.3. The van der Waals surface area contributed by atoms with Gasteiger partial charge in [0.1, 0.15) is 6.04 Å². The van der Waals surface area contributed by atoms with Crippen LogP contribution >= 0.6 is 0 Å². The summed E-state index contributed by atoms with van der Waals surface area (Å²) in [7, 11) is 0. The highest BCUT2D eigenvalue weighted by atomic mass is 15.4. The predicted octanol–water partition coefficient (Wildman–Crippen LogP) is 2.48. The van der Waals surface area contributed by atoms with Gasteiger partial charge in [-0.15, -0.1) is 5.10 Å². The van der Waals surface area contributed by atoms with Gasteiger partial charge in [0.2, 0.25) is 0 Å². The Bertz CT molecular complexity index is 715. The number of nitrogen functional groups attached to an aromatic ring is 1. The Morgan fingerprint density at radius 2 is 1.47 bits per heavy atom. The van der Waals surface area contributed by atoms with E-state index in [1.165, 1.54) is 22.3 Å². The van der Waals surface area contributed by atoms with Crippen LogP contribution in [0.1, 0.15) is 17.2 Å². The average molecular weight is 248 g/mol. The second-order valence-corrected chi connectivity index (χ2v) is 4.70. The van der Waals surface area contributed by atoms with Crippen LogP contribution in [0.4, 0.5) is 5.82 Å². The van der Waals surface area contributed by atoms with Crippen LogP contribution in [0, 0.1) is 0 Å². The first-order valence-electron chi connectivity index (χ1n) is 6.20. The lowest BCUT2D eigenvalue weighted by Crippen LogP contribution is -2.10. The van der Waals surface area contributed by atoms with Crippen LogP contribution in [0.25, 0.3) is 11.1 Å². The topological polar surface area (TPSA) is 56.7 Å². The van der Waals surface area contributed by atoms with Gasteiger partial charge in [-0.25, -0.2) is 4.68 Å². The summed E-state index contributed by atoms with van der Waals surface area (Å²) in [6.45, 7) is 0. The van der Waals surface area contributed by atoms with Crippen molar-refractivity contribution >= 4 is 5.82 Å². The van der Waals surface area contributed by atoms with E-state index in [1.807, 2.05) is 4.68 Å². The van der Waals surface area contributed by atoms with Crippen LogP contribution in [0.5, 0.6) is 0 Å². The van der Waals surface area contributed by atoms with Gasteiger partial charge in [0, 0.05) is 0 Å². The summed E-state index contributed by atoms with van der Waals surface area (Å²) in [5.74, 6) is 0.446. The monoisotopic (exact) mass is 248 g/mol. The molecule has 4 rings (SSSR count). The molecule has 0 bridgehead atoms. The van der Waals surface area contributed by atoms with Gasteiger partial charge in [0.05, 0.1) is 6.20 Å². The summed E-state index contributed by atoms with van der Waals surface area (Å²) < 4.78 is 1.83. The lowest BCUT2D eigenvalue weighted by atomic mass is 10.1. The van der Waals surface area contributed by atoms with Crippen LogP contribution in [0.2, 0.25) is 0 Å². The smallest absolute Gasteiger partial charge is 0.165 e. The number of hydrogen-bond donors (Lipinski definition) is 1. The minimum Gasteiger partial charge on any atom is -0.381 e. The Balaban J connectivity index is 2.01. The van der Waals surface area contributed by atoms with E-state index in [0.29, 0.717) is 5.82 Å². The number of rotatable bonds is 1. The summed E-state index contributed by atoms with van der Waals surface area (Å²) >= 11 is 0. The second-order valence-electron chi connectivity index (χ2n) is 4.70. The number of anilines is 1. The van der Waals surface area contributed by atoms with Gasteiger partial charge in [-0.3, -0.25) is 0 Å². The SMILES string of the molecule is Nc1cn(C2c3ccccc3-c3ccccc32)nn1. The molecule has 0 spiro atoms. The zero-order chi connectivity index (χ0) is 12.8. The summed E-state index contributed by atoms with van der Waals surface area (Å²) in [6.07, 6.45) is 1.78. The predicted molar refractivity (Wildman–Crippen MR) is 73.6 cm³/mol. The summed E-state index contributed by atoms with van der Waals surface area (Å²) in [5.41, 5.74) is 10.7. The molecule has 1 heterocycles. The Kier molecular flexibility index (Phi) is 2.00. The Morgan fingerprint density at radius 3 is 2.00 bits per heavy atom. The molecular weight excluding hydrogens is 236 g/mol. The van der Waals surface area contributed by atoms with Crippen molar-refractivity contribution in [2.24, 2.45) is 0 Å². The first kappa shape index (κ1) is 10.3. The molecule has 1 aromatic heterocycles. The molecular formula is C15H12N4. The van der Waals surface area contributed by atoms with Crippen molar-refractivity contribution in [1.82, 2.24) is 15.0 Å². The van der Waals surface area contributed by atoms with E-state index in [4.69, 9.17) is 5.73 Å². The van der Waals surface area contributed by atoms with Gasteiger partial charge in [-0.05, 0) is 22.3 Å². The van der Waals surface area contributed by atoms with Crippen LogP contribution in [0.3, 0.4) is 0 Å². The number of hydrogen-bond acceptors (Lipinski definition) is 3. The van der Waals surface area contributed by atoms with Gasteiger partial charge in [0.15, 0.2) is 5.82 Å². The molecule has 3 aromatic rings. The maximum Gasteiger partial charge on any atom is 0.165 e. The number of benzene rings is 2. The summed E-state index contributed by atoms with van der Waals surface area (Å²) in [4.78, 5) is 0. The highest BCUT2D eigenvalue weighted by molar-refractivity contribution is 5.78. The average Bonchev–Trinajstić information content (AvgIpc) is 3.00. The molecule has 4 heteroatoms. The first-order valence-corrected chi connectivity index (χ1v) is 6.20. The molecule has 19 heavy (non-hydrogen) atoms. The van der Waals surface area contributed by atoms with E-state index in [-0.39, 0.29) is 6.04 Å². The fourth-order valence-electron chi connectivity index (χ4n) is 2.83. The summed E-state index contributed by atoms with van der Waals surface area (Å²) in [6, 6.07) is 16.9. The molecule has 1 aliphatic rings. The van der Waals surface area contributed by atoms with Gasteiger partial charge >= 0.3 is 0 Å². The minimum absolute atomic E-state index is 0.0669. The quantitative estimate of drug-likeness (QED) is 0.563. The third kappa shape index (κ3) is 1.40. The Morgan fingerprint density at radius 1 is 0.895 bits per heavy atom. The molecule has 0 fully saturated rings. The maximum atomic E-state index is 5.69. The van der Waals surface area contributed by atoms with E-state index >= 15 is 0 Å². The van der Waals surface area contributed by atoms with Crippen molar-refractivity contribution in [2.75, 3.05) is 5.73 Å². The van der Waals surface area contributed by atoms with Crippen molar-refractivity contribution in [3.8, 4) is 11.1 Å². The summed E-state index contributed by atoms with van der Waals surface area (Å²) in [5, 5.41) is 8.03. The number of nitrogens with zero attached hydrogens (tertiary/aromatic N) is 3. The molecule has 2 aromatic carbocycles. The van der Waals surface area contributed by atoms with Crippen LogP contribution in [0.15, 0.2) is 54.7 Å². The molecule has 0 aliphatic heterocycles. The largest absolute Gasteiger partial charge is 0.381 e. The molecule has 0 radical (unpaired) electrons. The maximum absolute atomic E-state index is 5.69. The molecule has 0 saturated heterocycles. The van der Waals surface area contributed by atoms with Gasteiger partial charge in [-0.1, -0.05) is 53.7 Å². The van der Waals surface area contributed by atoms with Crippen LogP contribution < -0.4 is 5.73 Å². The zero-order valence-corrected chi connectivity index (χ0v) is 10.2. The van der Waals surface area contributed by atoms with Crippen LogP contribution in [-0.4, -0.2) is 15.0 Å². The minimum atomic E-state index is 0.0669. The standard InChI is InChI=1S/C15H12N4/c16-14-9-19(18-17-14)15-12-7-3-1-5-10(12)11-6-2-4-8-13(11)15/h1-9,15H,16H2. The molecule has 0 saturated carbocycles. The van der Waals surface area contributed by atoms with Gasteiger partial charge < -0.3 is 5.73 Å². The molecule has 92 valence electrons. The second kappa shape index (κ2) is 3.68. The van der Waals surface area contributed by atoms with Gasteiger partial charge in [0.25, 0.3) is 0 Å². The van der Waals surface area contributed by atoms with Crippen molar-refractivity contribution in [3.63, 3.8) is 0 Å². The molecule has 2 N–H and O–H groups in total. The van der Waals surface area contributed by atoms with E-state index < -0.39 is 0 Å².